The number of rotatable bonds is 4. The first kappa shape index (κ1) is 15.5. The highest BCUT2D eigenvalue weighted by Crippen LogP contribution is 2.35. The van der Waals surface area contributed by atoms with E-state index in [9.17, 15) is 0 Å². The van der Waals surface area contributed by atoms with Gasteiger partial charge in [-0.1, -0.05) is 63.9 Å². The van der Waals surface area contributed by atoms with Gasteiger partial charge in [0.2, 0.25) is 0 Å². The number of halogens is 2. The molecule has 0 bridgehead atoms. The minimum Gasteiger partial charge on any atom is -0.369 e. The first-order valence-corrected chi connectivity index (χ1v) is 8.97. The number of hydrogen-bond donors (Lipinski definition) is 0. The second-order valence-corrected chi connectivity index (χ2v) is 7.34. The average molecular weight is 390 g/mol. The highest BCUT2D eigenvalue weighted by atomic mass is 79.9. The summed E-state index contributed by atoms with van der Waals surface area (Å²) in [6, 6.07) is 8.35. The quantitative estimate of drug-likeness (QED) is 0.597. The zero-order valence-corrected chi connectivity index (χ0v) is 14.8. The van der Waals surface area contributed by atoms with Gasteiger partial charge in [-0.2, -0.15) is 0 Å². The molecule has 1 nitrogen and oxygen atoms in total. The van der Waals surface area contributed by atoms with Crippen LogP contribution in [-0.2, 0) is 4.74 Å². The second-order valence-electron chi connectivity index (χ2n) is 5.84. The molecule has 1 aromatic rings. The Bertz CT molecular complexity index is 397. The Morgan fingerprint density at radius 1 is 1.16 bits per heavy atom. The summed E-state index contributed by atoms with van der Waals surface area (Å²) in [5.41, 5.74) is 1.24. The van der Waals surface area contributed by atoms with Crippen molar-refractivity contribution in [1.29, 1.82) is 0 Å². The van der Waals surface area contributed by atoms with Gasteiger partial charge in [-0.15, -0.1) is 0 Å². The van der Waals surface area contributed by atoms with E-state index in [4.69, 9.17) is 4.74 Å². The first-order valence-electron chi connectivity index (χ1n) is 7.06. The summed E-state index contributed by atoms with van der Waals surface area (Å²) in [7, 11) is 0. The summed E-state index contributed by atoms with van der Waals surface area (Å²) in [6.45, 7) is 4.68. The van der Waals surface area contributed by atoms with Crippen molar-refractivity contribution in [2.24, 2.45) is 11.8 Å². The minimum absolute atomic E-state index is 0.137. The number of hydrogen-bond acceptors (Lipinski definition) is 1. The van der Waals surface area contributed by atoms with Crippen molar-refractivity contribution < 1.29 is 4.74 Å². The Kier molecular flexibility index (Phi) is 5.91. The molecule has 0 amide bonds. The molecule has 19 heavy (non-hydrogen) atoms. The zero-order chi connectivity index (χ0) is 13.8. The van der Waals surface area contributed by atoms with Gasteiger partial charge >= 0.3 is 0 Å². The molecule has 2 rings (SSSR count). The van der Waals surface area contributed by atoms with Crippen LogP contribution in [0.4, 0.5) is 0 Å². The normalized spacial score (nSPS) is 29.2. The molecular formula is C16H22Br2O. The Labute approximate surface area is 133 Å². The first-order chi connectivity index (χ1) is 9.10. The van der Waals surface area contributed by atoms with Crippen LogP contribution in [0.1, 0.15) is 44.8 Å². The van der Waals surface area contributed by atoms with Gasteiger partial charge in [0, 0.05) is 9.80 Å². The topological polar surface area (TPSA) is 9.23 Å². The van der Waals surface area contributed by atoms with Crippen molar-refractivity contribution in [3.05, 3.63) is 34.3 Å². The van der Waals surface area contributed by atoms with E-state index in [1.807, 2.05) is 6.07 Å². The maximum absolute atomic E-state index is 6.37. The monoisotopic (exact) mass is 388 g/mol. The molecule has 0 heterocycles. The standard InChI is InChI=1S/C16H22Br2O/c1-11-7-12(2)9-13(8-11)19-16(10-17)14-5-3-4-6-15(14)18/h3-6,11-13,16H,7-10H2,1-2H3. The van der Waals surface area contributed by atoms with Crippen LogP contribution in [0, 0.1) is 11.8 Å². The molecule has 1 aliphatic rings. The fourth-order valence-electron chi connectivity index (χ4n) is 3.15. The molecular weight excluding hydrogens is 368 g/mol. The van der Waals surface area contributed by atoms with Crippen LogP contribution in [0.15, 0.2) is 28.7 Å². The lowest BCUT2D eigenvalue weighted by Crippen LogP contribution is -2.28. The largest absolute Gasteiger partial charge is 0.369 e. The molecule has 1 saturated carbocycles. The molecule has 0 N–H and O–H groups in total. The van der Waals surface area contributed by atoms with Crippen molar-refractivity contribution in [3.63, 3.8) is 0 Å². The predicted octanol–water partition coefficient (Wildman–Crippen LogP) is 5.73. The third-order valence-electron chi connectivity index (χ3n) is 3.88. The Morgan fingerprint density at radius 3 is 2.37 bits per heavy atom. The molecule has 0 spiro atoms. The van der Waals surface area contributed by atoms with Gasteiger partial charge in [-0.05, 0) is 42.7 Å². The fourth-order valence-corrected chi connectivity index (χ4v) is 4.19. The molecule has 1 fully saturated rings. The molecule has 0 radical (unpaired) electrons. The van der Waals surface area contributed by atoms with E-state index in [2.05, 4.69) is 63.9 Å². The van der Waals surface area contributed by atoms with Crippen LogP contribution >= 0.6 is 31.9 Å². The van der Waals surface area contributed by atoms with Crippen LogP contribution in [-0.4, -0.2) is 11.4 Å². The van der Waals surface area contributed by atoms with Gasteiger partial charge in [0.05, 0.1) is 12.2 Å². The van der Waals surface area contributed by atoms with E-state index >= 15 is 0 Å². The van der Waals surface area contributed by atoms with Crippen molar-refractivity contribution in [2.45, 2.75) is 45.3 Å². The molecule has 0 saturated heterocycles. The summed E-state index contributed by atoms with van der Waals surface area (Å²) >= 11 is 7.22. The van der Waals surface area contributed by atoms with Gasteiger partial charge in [-0.25, -0.2) is 0 Å². The molecule has 1 aromatic carbocycles. The molecule has 1 aliphatic carbocycles. The third kappa shape index (κ3) is 4.30. The van der Waals surface area contributed by atoms with E-state index in [-0.39, 0.29) is 6.10 Å². The van der Waals surface area contributed by atoms with Gasteiger partial charge in [0.15, 0.2) is 0 Å². The van der Waals surface area contributed by atoms with Crippen LogP contribution in [0.3, 0.4) is 0 Å². The highest BCUT2D eigenvalue weighted by Gasteiger charge is 2.27. The average Bonchev–Trinajstić information content (AvgIpc) is 2.36. The second kappa shape index (κ2) is 7.24. The Balaban J connectivity index is 2.05. The van der Waals surface area contributed by atoms with E-state index in [0.717, 1.165) is 21.6 Å². The zero-order valence-electron chi connectivity index (χ0n) is 11.6. The van der Waals surface area contributed by atoms with Crippen LogP contribution in [0.5, 0.6) is 0 Å². The summed E-state index contributed by atoms with van der Waals surface area (Å²) in [5.74, 6) is 1.56. The number of alkyl halides is 1. The molecule has 0 aliphatic heterocycles. The summed E-state index contributed by atoms with van der Waals surface area (Å²) in [5, 5.41) is 0.842. The van der Waals surface area contributed by atoms with Crippen LogP contribution in [0.25, 0.3) is 0 Å². The van der Waals surface area contributed by atoms with Crippen LogP contribution in [0.2, 0.25) is 0 Å². The fraction of sp³-hybridized carbons (Fsp3) is 0.625. The summed E-state index contributed by atoms with van der Waals surface area (Å²) in [6.07, 6.45) is 4.26. The van der Waals surface area contributed by atoms with Gasteiger partial charge in [0.1, 0.15) is 0 Å². The van der Waals surface area contributed by atoms with Crippen molar-refractivity contribution in [1.82, 2.24) is 0 Å². The van der Waals surface area contributed by atoms with E-state index < -0.39 is 0 Å². The lowest BCUT2D eigenvalue weighted by molar-refractivity contribution is -0.0403. The molecule has 3 heteroatoms. The van der Waals surface area contributed by atoms with E-state index in [1.165, 1.54) is 24.8 Å². The molecule has 0 aromatic heterocycles. The summed E-state index contributed by atoms with van der Waals surface area (Å²) in [4.78, 5) is 0. The van der Waals surface area contributed by atoms with Crippen molar-refractivity contribution in [2.75, 3.05) is 5.33 Å². The highest BCUT2D eigenvalue weighted by molar-refractivity contribution is 9.10. The number of benzene rings is 1. The lowest BCUT2D eigenvalue weighted by atomic mass is 9.81. The van der Waals surface area contributed by atoms with Crippen molar-refractivity contribution >= 4 is 31.9 Å². The molecule has 3 atom stereocenters. The molecule has 3 unspecified atom stereocenters. The van der Waals surface area contributed by atoms with Gasteiger partial charge in [0.25, 0.3) is 0 Å². The maximum Gasteiger partial charge on any atom is 0.0936 e. The van der Waals surface area contributed by atoms with Crippen molar-refractivity contribution in [3.8, 4) is 0 Å². The lowest BCUT2D eigenvalue weighted by Gasteiger charge is -2.34. The summed E-state index contributed by atoms with van der Waals surface area (Å²) < 4.78 is 7.51. The van der Waals surface area contributed by atoms with E-state index in [0.29, 0.717) is 6.10 Å². The Hall–Kier alpha value is 0.140. The smallest absolute Gasteiger partial charge is 0.0936 e. The Morgan fingerprint density at radius 2 is 1.79 bits per heavy atom. The van der Waals surface area contributed by atoms with Gasteiger partial charge < -0.3 is 4.74 Å². The maximum atomic E-state index is 6.37. The number of ether oxygens (including phenoxy) is 1. The third-order valence-corrected chi connectivity index (χ3v) is 5.19. The van der Waals surface area contributed by atoms with Gasteiger partial charge in [-0.3, -0.25) is 0 Å². The minimum atomic E-state index is 0.137. The SMILES string of the molecule is CC1CC(C)CC(OC(CBr)c2ccccc2Br)C1. The van der Waals surface area contributed by atoms with Crippen LogP contribution < -0.4 is 0 Å². The predicted molar refractivity (Wildman–Crippen MR) is 87.7 cm³/mol. The van der Waals surface area contributed by atoms with E-state index in [1.54, 1.807) is 0 Å². The molecule has 106 valence electrons.